The Morgan fingerprint density at radius 3 is 2.92 bits per heavy atom. The number of hydrogen-bond donors (Lipinski definition) is 1. The third kappa shape index (κ3) is 1.43. The molecule has 1 aromatic heterocycles. The first kappa shape index (κ1) is 8.59. The topological polar surface area (TPSA) is 61.0 Å². The molecular formula is C9H13N3O. The van der Waals surface area contributed by atoms with E-state index in [1.807, 2.05) is 13.1 Å². The van der Waals surface area contributed by atoms with Gasteiger partial charge in [-0.2, -0.15) is 0 Å². The van der Waals surface area contributed by atoms with Gasteiger partial charge in [0.05, 0.1) is 6.61 Å². The molecule has 0 radical (unpaired) electrons. The summed E-state index contributed by atoms with van der Waals surface area (Å²) in [6.45, 7) is 2.56. The van der Waals surface area contributed by atoms with Gasteiger partial charge in [0.1, 0.15) is 6.33 Å². The maximum atomic E-state index is 5.10. The van der Waals surface area contributed by atoms with Crippen molar-refractivity contribution in [3.63, 3.8) is 0 Å². The summed E-state index contributed by atoms with van der Waals surface area (Å²) in [6.07, 6.45) is 5.68. The van der Waals surface area contributed by atoms with Crippen molar-refractivity contribution in [2.24, 2.45) is 5.90 Å². The van der Waals surface area contributed by atoms with Crippen LogP contribution in [-0.4, -0.2) is 16.6 Å². The molecule has 0 atom stereocenters. The molecule has 0 aromatic carbocycles. The summed E-state index contributed by atoms with van der Waals surface area (Å²) in [5.41, 5.74) is 2.32. The van der Waals surface area contributed by atoms with Crippen molar-refractivity contribution in [3.05, 3.63) is 23.8 Å². The highest BCUT2D eigenvalue weighted by Crippen LogP contribution is 2.48. The minimum Gasteiger partial charge on any atom is -0.304 e. The lowest BCUT2D eigenvalue weighted by molar-refractivity contribution is 0.115. The van der Waals surface area contributed by atoms with Gasteiger partial charge in [-0.1, -0.05) is 0 Å². The van der Waals surface area contributed by atoms with E-state index in [9.17, 15) is 0 Å². The first-order valence-corrected chi connectivity index (χ1v) is 4.37. The minimum atomic E-state index is 0.111. The van der Waals surface area contributed by atoms with Crippen LogP contribution in [0, 0.1) is 6.92 Å². The zero-order valence-corrected chi connectivity index (χ0v) is 7.66. The van der Waals surface area contributed by atoms with Crippen molar-refractivity contribution in [1.82, 2.24) is 9.97 Å². The van der Waals surface area contributed by atoms with Crippen molar-refractivity contribution in [2.75, 3.05) is 6.61 Å². The molecule has 1 fully saturated rings. The molecule has 0 saturated heterocycles. The maximum Gasteiger partial charge on any atom is 0.115 e. The van der Waals surface area contributed by atoms with Gasteiger partial charge in [-0.15, -0.1) is 0 Å². The summed E-state index contributed by atoms with van der Waals surface area (Å²) in [7, 11) is 0. The van der Waals surface area contributed by atoms with E-state index in [2.05, 4.69) is 9.97 Å². The van der Waals surface area contributed by atoms with Crippen LogP contribution in [0.15, 0.2) is 12.5 Å². The van der Waals surface area contributed by atoms with Crippen molar-refractivity contribution < 1.29 is 4.84 Å². The highest BCUT2D eigenvalue weighted by Gasteiger charge is 2.46. The van der Waals surface area contributed by atoms with Crippen molar-refractivity contribution >= 4 is 0 Å². The number of aromatic nitrogens is 2. The molecule has 2 rings (SSSR count). The predicted octanol–water partition coefficient (Wildman–Crippen LogP) is 0.707. The largest absolute Gasteiger partial charge is 0.304 e. The van der Waals surface area contributed by atoms with Crippen LogP contribution in [0.1, 0.15) is 24.1 Å². The smallest absolute Gasteiger partial charge is 0.115 e. The van der Waals surface area contributed by atoms with Crippen molar-refractivity contribution in [1.29, 1.82) is 0 Å². The molecule has 1 saturated carbocycles. The summed E-state index contributed by atoms with van der Waals surface area (Å²) >= 11 is 0. The molecule has 0 bridgehead atoms. The Balaban J connectivity index is 2.30. The number of aryl methyl sites for hydroxylation is 1. The van der Waals surface area contributed by atoms with Gasteiger partial charge in [0.2, 0.25) is 0 Å². The molecule has 4 heteroatoms. The van der Waals surface area contributed by atoms with Crippen molar-refractivity contribution in [3.8, 4) is 0 Å². The van der Waals surface area contributed by atoms with E-state index >= 15 is 0 Å². The van der Waals surface area contributed by atoms with Gasteiger partial charge in [-0.05, 0) is 19.8 Å². The second kappa shape index (κ2) is 3.05. The molecule has 70 valence electrons. The summed E-state index contributed by atoms with van der Waals surface area (Å²) in [5.74, 6) is 5.10. The normalized spacial score (nSPS) is 18.6. The average molecular weight is 179 g/mol. The van der Waals surface area contributed by atoms with Crippen LogP contribution in [0.2, 0.25) is 0 Å². The van der Waals surface area contributed by atoms with E-state index in [0.717, 1.165) is 18.5 Å². The molecule has 4 nitrogen and oxygen atoms in total. The molecular weight excluding hydrogens is 166 g/mol. The quantitative estimate of drug-likeness (QED) is 0.694. The molecule has 1 aliphatic carbocycles. The average Bonchev–Trinajstić information content (AvgIpc) is 2.87. The van der Waals surface area contributed by atoms with E-state index in [1.165, 1.54) is 5.56 Å². The Bertz CT molecular complexity index is 309. The van der Waals surface area contributed by atoms with E-state index in [-0.39, 0.29) is 5.41 Å². The minimum absolute atomic E-state index is 0.111. The second-order valence-corrected chi connectivity index (χ2v) is 3.61. The van der Waals surface area contributed by atoms with E-state index in [4.69, 9.17) is 10.7 Å². The van der Waals surface area contributed by atoms with E-state index in [0.29, 0.717) is 6.61 Å². The highest BCUT2D eigenvalue weighted by atomic mass is 16.6. The molecule has 0 spiro atoms. The Hall–Kier alpha value is -1.00. The van der Waals surface area contributed by atoms with Gasteiger partial charge in [-0.3, -0.25) is 0 Å². The predicted molar refractivity (Wildman–Crippen MR) is 47.8 cm³/mol. The molecule has 13 heavy (non-hydrogen) atoms. The van der Waals surface area contributed by atoms with Crippen LogP contribution in [0.3, 0.4) is 0 Å². The third-order valence-corrected chi connectivity index (χ3v) is 2.70. The molecule has 0 amide bonds. The van der Waals surface area contributed by atoms with Crippen LogP contribution >= 0.6 is 0 Å². The summed E-state index contributed by atoms with van der Waals surface area (Å²) in [6, 6.07) is 0. The van der Waals surface area contributed by atoms with Crippen LogP contribution in [-0.2, 0) is 10.3 Å². The standard InChI is InChI=1S/C9H13N3O/c1-7-8(4-11-6-12-7)9(2-3-9)5-13-10/h4,6H,2-3,5,10H2,1H3. The Labute approximate surface area is 77.1 Å². The lowest BCUT2D eigenvalue weighted by Crippen LogP contribution is -2.19. The Kier molecular flexibility index (Phi) is 2.01. The molecule has 1 heterocycles. The fraction of sp³-hybridized carbons (Fsp3) is 0.556. The monoisotopic (exact) mass is 179 g/mol. The van der Waals surface area contributed by atoms with Gasteiger partial charge >= 0.3 is 0 Å². The number of rotatable bonds is 3. The van der Waals surface area contributed by atoms with Gasteiger partial charge in [-0.25, -0.2) is 15.9 Å². The van der Waals surface area contributed by atoms with Gasteiger partial charge in [0.15, 0.2) is 0 Å². The third-order valence-electron chi connectivity index (χ3n) is 2.70. The zero-order chi connectivity index (χ0) is 9.31. The fourth-order valence-corrected chi connectivity index (χ4v) is 1.71. The first-order chi connectivity index (χ1) is 6.28. The Morgan fingerprint density at radius 2 is 2.38 bits per heavy atom. The van der Waals surface area contributed by atoms with E-state index in [1.54, 1.807) is 6.33 Å². The zero-order valence-electron chi connectivity index (χ0n) is 7.66. The van der Waals surface area contributed by atoms with Crippen molar-refractivity contribution in [2.45, 2.75) is 25.2 Å². The molecule has 2 N–H and O–H groups in total. The maximum absolute atomic E-state index is 5.10. The molecule has 0 aliphatic heterocycles. The number of hydrogen-bond acceptors (Lipinski definition) is 4. The Morgan fingerprint density at radius 1 is 1.62 bits per heavy atom. The second-order valence-electron chi connectivity index (χ2n) is 3.61. The summed E-state index contributed by atoms with van der Waals surface area (Å²) in [4.78, 5) is 12.9. The first-order valence-electron chi connectivity index (χ1n) is 4.37. The number of nitrogens with two attached hydrogens (primary N) is 1. The van der Waals surface area contributed by atoms with Crippen LogP contribution in [0.5, 0.6) is 0 Å². The van der Waals surface area contributed by atoms with Crippen LogP contribution in [0.25, 0.3) is 0 Å². The summed E-state index contributed by atoms with van der Waals surface area (Å²) < 4.78 is 0. The highest BCUT2D eigenvalue weighted by molar-refractivity contribution is 5.32. The fourth-order valence-electron chi connectivity index (χ4n) is 1.71. The number of nitrogens with zero attached hydrogens (tertiary/aromatic N) is 2. The molecule has 1 aliphatic rings. The van der Waals surface area contributed by atoms with Gasteiger partial charge < -0.3 is 4.84 Å². The summed E-state index contributed by atoms with van der Waals surface area (Å²) in [5, 5.41) is 0. The van der Waals surface area contributed by atoms with Crippen LogP contribution < -0.4 is 5.90 Å². The van der Waals surface area contributed by atoms with E-state index < -0.39 is 0 Å². The SMILES string of the molecule is Cc1ncncc1C1(CON)CC1. The lowest BCUT2D eigenvalue weighted by Gasteiger charge is -2.14. The van der Waals surface area contributed by atoms with Crippen LogP contribution in [0.4, 0.5) is 0 Å². The molecule has 1 aromatic rings. The lowest BCUT2D eigenvalue weighted by atomic mass is 9.97. The van der Waals surface area contributed by atoms with Gasteiger partial charge in [0.25, 0.3) is 0 Å². The van der Waals surface area contributed by atoms with Gasteiger partial charge in [0, 0.05) is 22.9 Å². The molecule has 0 unspecified atom stereocenters.